The molecule has 6 heteroatoms. The van der Waals surface area contributed by atoms with Crippen LogP contribution in [-0.4, -0.2) is 56.0 Å². The summed E-state index contributed by atoms with van der Waals surface area (Å²) < 4.78 is 25.2. The number of aliphatic hydroxyl groups excluding tert-OH is 1. The Bertz CT molecular complexity index is 357. The number of nitrogens with one attached hydrogen (secondary N) is 1. The predicted molar refractivity (Wildman–Crippen MR) is 77.5 cm³/mol. The van der Waals surface area contributed by atoms with Crippen molar-refractivity contribution in [3.63, 3.8) is 0 Å². The Labute approximate surface area is 117 Å². The first-order chi connectivity index (χ1) is 8.85. The summed E-state index contributed by atoms with van der Waals surface area (Å²) in [6.07, 6.45) is 2.65. The van der Waals surface area contributed by atoms with E-state index in [0.29, 0.717) is 12.5 Å². The molecule has 0 aromatic carbocycles. The first kappa shape index (κ1) is 16.9. The number of hydrogen-bond donors (Lipinski definition) is 2. The lowest BCUT2D eigenvalue weighted by Gasteiger charge is -2.40. The zero-order chi connectivity index (χ0) is 14.5. The highest BCUT2D eigenvalue weighted by atomic mass is 32.2. The molecule has 1 aliphatic heterocycles. The third-order valence-electron chi connectivity index (χ3n) is 3.90. The van der Waals surface area contributed by atoms with Crippen molar-refractivity contribution in [1.82, 2.24) is 9.62 Å². The Hall–Kier alpha value is -0.170. The van der Waals surface area contributed by atoms with Gasteiger partial charge < -0.3 is 5.11 Å². The molecule has 5 nitrogen and oxygen atoms in total. The fourth-order valence-corrected chi connectivity index (χ4v) is 3.28. The zero-order valence-corrected chi connectivity index (χ0v) is 13.1. The number of hydrogen-bond acceptors (Lipinski definition) is 4. The van der Waals surface area contributed by atoms with E-state index in [1.165, 1.54) is 0 Å². The van der Waals surface area contributed by atoms with Gasteiger partial charge in [0, 0.05) is 12.6 Å². The molecule has 0 unspecified atom stereocenters. The molecule has 0 saturated carbocycles. The van der Waals surface area contributed by atoms with Crippen molar-refractivity contribution >= 4 is 10.0 Å². The van der Waals surface area contributed by atoms with Crippen LogP contribution in [0.1, 0.15) is 40.0 Å². The van der Waals surface area contributed by atoms with Crippen LogP contribution in [0.5, 0.6) is 0 Å². The van der Waals surface area contributed by atoms with Gasteiger partial charge in [0.2, 0.25) is 10.0 Å². The van der Waals surface area contributed by atoms with E-state index in [1.54, 1.807) is 6.92 Å². The topological polar surface area (TPSA) is 69.6 Å². The second kappa shape index (κ2) is 7.57. The molecule has 0 aromatic rings. The Morgan fingerprint density at radius 1 is 1.47 bits per heavy atom. The SMILES string of the molecule is CCS(=O)(=O)NCCCN1CC[C@H](C)C[C@H]1[C@H](C)O. The average molecular weight is 292 g/mol. The minimum atomic E-state index is -3.08. The molecule has 1 fully saturated rings. The number of rotatable bonds is 7. The summed E-state index contributed by atoms with van der Waals surface area (Å²) in [6.45, 7) is 8.02. The summed E-state index contributed by atoms with van der Waals surface area (Å²) in [5, 5.41) is 9.84. The smallest absolute Gasteiger partial charge is 0.211 e. The van der Waals surface area contributed by atoms with Crippen molar-refractivity contribution in [1.29, 1.82) is 0 Å². The number of likely N-dealkylation sites (tertiary alicyclic amines) is 1. The second-order valence-corrected chi connectivity index (χ2v) is 7.72. The second-order valence-electron chi connectivity index (χ2n) is 5.62. The van der Waals surface area contributed by atoms with E-state index in [9.17, 15) is 13.5 Å². The van der Waals surface area contributed by atoms with E-state index in [-0.39, 0.29) is 17.9 Å². The molecule has 1 aliphatic rings. The van der Waals surface area contributed by atoms with Crippen molar-refractivity contribution in [2.24, 2.45) is 5.92 Å². The molecule has 0 aromatic heterocycles. The first-order valence-electron chi connectivity index (χ1n) is 7.25. The van der Waals surface area contributed by atoms with Crippen LogP contribution in [0.4, 0.5) is 0 Å². The van der Waals surface area contributed by atoms with Crippen LogP contribution in [0.2, 0.25) is 0 Å². The summed E-state index contributed by atoms with van der Waals surface area (Å²) in [4.78, 5) is 2.30. The lowest BCUT2D eigenvalue weighted by molar-refractivity contribution is 0.0208. The minimum absolute atomic E-state index is 0.129. The van der Waals surface area contributed by atoms with Crippen molar-refractivity contribution < 1.29 is 13.5 Å². The van der Waals surface area contributed by atoms with Crippen LogP contribution in [0, 0.1) is 5.92 Å². The first-order valence-corrected chi connectivity index (χ1v) is 8.90. The molecular formula is C13H28N2O3S. The maximum absolute atomic E-state index is 11.3. The molecule has 2 N–H and O–H groups in total. The Morgan fingerprint density at radius 3 is 2.74 bits per heavy atom. The lowest BCUT2D eigenvalue weighted by Crippen LogP contribution is -2.48. The van der Waals surface area contributed by atoms with Gasteiger partial charge in [0.15, 0.2) is 0 Å². The molecule has 19 heavy (non-hydrogen) atoms. The number of aliphatic hydroxyl groups is 1. The highest BCUT2D eigenvalue weighted by Crippen LogP contribution is 2.24. The van der Waals surface area contributed by atoms with Crippen LogP contribution in [0.25, 0.3) is 0 Å². The van der Waals surface area contributed by atoms with Gasteiger partial charge in [-0.2, -0.15) is 0 Å². The molecule has 0 radical (unpaired) electrons. The van der Waals surface area contributed by atoms with E-state index >= 15 is 0 Å². The van der Waals surface area contributed by atoms with Gasteiger partial charge in [-0.1, -0.05) is 6.92 Å². The van der Waals surface area contributed by atoms with Gasteiger partial charge in [0.1, 0.15) is 0 Å². The number of sulfonamides is 1. The van der Waals surface area contributed by atoms with E-state index in [0.717, 1.165) is 32.4 Å². The molecular weight excluding hydrogens is 264 g/mol. The van der Waals surface area contributed by atoms with E-state index in [1.807, 2.05) is 6.92 Å². The maximum Gasteiger partial charge on any atom is 0.211 e. The maximum atomic E-state index is 11.3. The highest BCUT2D eigenvalue weighted by molar-refractivity contribution is 7.89. The zero-order valence-electron chi connectivity index (χ0n) is 12.3. The molecule has 1 rings (SSSR count). The monoisotopic (exact) mass is 292 g/mol. The van der Waals surface area contributed by atoms with Crippen molar-refractivity contribution in [2.45, 2.75) is 52.2 Å². The van der Waals surface area contributed by atoms with Crippen LogP contribution >= 0.6 is 0 Å². The largest absolute Gasteiger partial charge is 0.392 e. The summed E-state index contributed by atoms with van der Waals surface area (Å²) in [5.74, 6) is 0.791. The molecule has 3 atom stereocenters. The Kier molecular flexibility index (Phi) is 6.73. The van der Waals surface area contributed by atoms with Gasteiger partial charge in [-0.05, 0) is 52.1 Å². The predicted octanol–water partition coefficient (Wildman–Crippen LogP) is 0.797. The summed E-state index contributed by atoms with van der Waals surface area (Å²) in [6, 6.07) is 0.214. The van der Waals surface area contributed by atoms with E-state index < -0.39 is 10.0 Å². The van der Waals surface area contributed by atoms with Gasteiger partial charge in [-0.15, -0.1) is 0 Å². The van der Waals surface area contributed by atoms with Crippen molar-refractivity contribution in [2.75, 3.05) is 25.4 Å². The molecule has 0 aliphatic carbocycles. The van der Waals surface area contributed by atoms with Crippen LogP contribution in [-0.2, 0) is 10.0 Å². The molecule has 0 bridgehead atoms. The lowest BCUT2D eigenvalue weighted by atomic mass is 9.90. The molecule has 0 spiro atoms. The van der Waals surface area contributed by atoms with Crippen LogP contribution in [0.3, 0.4) is 0 Å². The minimum Gasteiger partial charge on any atom is -0.392 e. The number of nitrogens with zero attached hydrogens (tertiary/aromatic N) is 1. The Morgan fingerprint density at radius 2 is 2.16 bits per heavy atom. The third-order valence-corrected chi connectivity index (χ3v) is 5.31. The fourth-order valence-electron chi connectivity index (χ4n) is 2.62. The van der Waals surface area contributed by atoms with E-state index in [4.69, 9.17) is 0 Å². The molecule has 1 heterocycles. The van der Waals surface area contributed by atoms with Crippen molar-refractivity contribution in [3.8, 4) is 0 Å². The van der Waals surface area contributed by atoms with Crippen LogP contribution in [0.15, 0.2) is 0 Å². The summed E-state index contributed by atoms with van der Waals surface area (Å²) in [7, 11) is -3.08. The normalized spacial score (nSPS) is 27.4. The fraction of sp³-hybridized carbons (Fsp3) is 1.00. The number of piperidine rings is 1. The van der Waals surface area contributed by atoms with Crippen LogP contribution < -0.4 is 4.72 Å². The van der Waals surface area contributed by atoms with Gasteiger partial charge in [0.25, 0.3) is 0 Å². The Balaban J connectivity index is 2.35. The van der Waals surface area contributed by atoms with Crippen molar-refractivity contribution in [3.05, 3.63) is 0 Å². The quantitative estimate of drug-likeness (QED) is 0.681. The van der Waals surface area contributed by atoms with E-state index in [2.05, 4.69) is 16.5 Å². The third kappa shape index (κ3) is 5.77. The molecule has 114 valence electrons. The molecule has 0 amide bonds. The van der Waals surface area contributed by atoms with Gasteiger partial charge in [0.05, 0.1) is 11.9 Å². The average Bonchev–Trinajstić information content (AvgIpc) is 2.36. The summed E-state index contributed by atoms with van der Waals surface area (Å²) in [5.41, 5.74) is 0. The highest BCUT2D eigenvalue weighted by Gasteiger charge is 2.29. The van der Waals surface area contributed by atoms with Gasteiger partial charge >= 0.3 is 0 Å². The molecule has 1 saturated heterocycles. The summed E-state index contributed by atoms with van der Waals surface area (Å²) >= 11 is 0. The standard InChI is InChI=1S/C13H28N2O3S/c1-4-19(17,18)14-7-5-8-15-9-6-11(2)10-13(15)12(3)16/h11-14,16H,4-10H2,1-3H3/t11-,12-,13-/m0/s1. The van der Waals surface area contributed by atoms with Gasteiger partial charge in [-0.3, -0.25) is 4.90 Å². The van der Waals surface area contributed by atoms with Gasteiger partial charge in [-0.25, -0.2) is 13.1 Å².